The quantitative estimate of drug-likeness (QED) is 0.385. The van der Waals surface area contributed by atoms with Crippen LogP contribution in [0.1, 0.15) is 57.7 Å². The number of nitrogens with zero attached hydrogens (tertiary/aromatic N) is 3. The Morgan fingerprint density at radius 3 is 2.53 bits per heavy atom. The van der Waals surface area contributed by atoms with Gasteiger partial charge in [-0.25, -0.2) is 12.8 Å². The van der Waals surface area contributed by atoms with Crippen molar-refractivity contribution in [2.24, 2.45) is 11.8 Å². The number of halogens is 1. The van der Waals surface area contributed by atoms with Gasteiger partial charge < -0.3 is 9.84 Å². The summed E-state index contributed by atoms with van der Waals surface area (Å²) in [5.74, 6) is -0.175. The van der Waals surface area contributed by atoms with Gasteiger partial charge in [0.1, 0.15) is 11.6 Å². The molecule has 38 heavy (non-hydrogen) atoms. The smallest absolute Gasteiger partial charge is 0.303 e. The maximum Gasteiger partial charge on any atom is 0.303 e. The first-order valence-corrected chi connectivity index (χ1v) is 14.7. The molecule has 2 fully saturated rings. The van der Waals surface area contributed by atoms with Crippen LogP contribution in [0.5, 0.6) is 5.75 Å². The van der Waals surface area contributed by atoms with E-state index in [-0.39, 0.29) is 42.3 Å². The number of aliphatic carboxylic acids is 1. The molecule has 0 bridgehead atoms. The molecular formula is C28H34FN3O5S. The summed E-state index contributed by atoms with van der Waals surface area (Å²) in [7, 11) is -3.77. The Bertz CT molecular complexity index is 1420. The molecule has 1 aromatic heterocycles. The van der Waals surface area contributed by atoms with Crippen LogP contribution in [0.25, 0.3) is 10.9 Å². The van der Waals surface area contributed by atoms with E-state index in [0.29, 0.717) is 34.8 Å². The summed E-state index contributed by atoms with van der Waals surface area (Å²) in [5.41, 5.74) is 1.16. The van der Waals surface area contributed by atoms with E-state index in [0.717, 1.165) is 19.3 Å². The van der Waals surface area contributed by atoms with E-state index < -0.39 is 21.8 Å². The SMILES string of the molecule is CC(C)Oc1ccc(S(=O)(=O)N2C[C@@H](CC3CCC3)[C@@H](n3nc(CCC(=O)O)c4ccc(F)cc43)C2)cc1. The van der Waals surface area contributed by atoms with Crippen molar-refractivity contribution in [3.63, 3.8) is 0 Å². The average Bonchev–Trinajstić information content (AvgIpc) is 3.41. The number of aryl methyl sites for hydroxylation is 1. The lowest BCUT2D eigenvalue weighted by molar-refractivity contribution is -0.136. The van der Waals surface area contributed by atoms with Gasteiger partial charge in [-0.15, -0.1) is 0 Å². The highest BCUT2D eigenvalue weighted by molar-refractivity contribution is 7.89. The van der Waals surface area contributed by atoms with Crippen LogP contribution in [0.4, 0.5) is 4.39 Å². The fraction of sp³-hybridized carbons (Fsp3) is 0.500. The largest absolute Gasteiger partial charge is 0.491 e. The van der Waals surface area contributed by atoms with Crippen molar-refractivity contribution in [3.05, 3.63) is 54.0 Å². The highest BCUT2D eigenvalue weighted by Crippen LogP contribution is 2.42. The lowest BCUT2D eigenvalue weighted by Crippen LogP contribution is -2.29. The van der Waals surface area contributed by atoms with Gasteiger partial charge in [0.05, 0.1) is 34.7 Å². The minimum Gasteiger partial charge on any atom is -0.491 e. The van der Waals surface area contributed by atoms with Crippen LogP contribution in [-0.2, 0) is 21.2 Å². The van der Waals surface area contributed by atoms with Crippen LogP contribution < -0.4 is 4.74 Å². The third-order valence-corrected chi connectivity index (χ3v) is 9.55. The van der Waals surface area contributed by atoms with Crippen LogP contribution in [0.3, 0.4) is 0 Å². The van der Waals surface area contributed by atoms with Gasteiger partial charge in [0, 0.05) is 24.9 Å². The van der Waals surface area contributed by atoms with Gasteiger partial charge in [-0.3, -0.25) is 9.48 Å². The molecule has 1 saturated heterocycles. The van der Waals surface area contributed by atoms with Crippen LogP contribution in [0, 0.1) is 17.7 Å². The van der Waals surface area contributed by atoms with Gasteiger partial charge in [-0.2, -0.15) is 9.40 Å². The maximum atomic E-state index is 14.3. The van der Waals surface area contributed by atoms with Crippen LogP contribution in [0.15, 0.2) is 47.4 Å². The van der Waals surface area contributed by atoms with E-state index >= 15 is 0 Å². The molecule has 8 nitrogen and oxygen atoms in total. The molecule has 2 heterocycles. The fourth-order valence-corrected chi connectivity index (χ4v) is 7.14. The zero-order valence-corrected chi connectivity index (χ0v) is 22.5. The van der Waals surface area contributed by atoms with Crippen molar-refractivity contribution in [3.8, 4) is 5.75 Å². The third-order valence-electron chi connectivity index (χ3n) is 7.70. The minimum atomic E-state index is -3.77. The number of carboxylic acid groups (broad SMARTS) is 1. The Labute approximate surface area is 222 Å². The van der Waals surface area contributed by atoms with Crippen molar-refractivity contribution in [1.29, 1.82) is 0 Å². The van der Waals surface area contributed by atoms with Gasteiger partial charge >= 0.3 is 5.97 Å². The Morgan fingerprint density at radius 2 is 1.89 bits per heavy atom. The van der Waals surface area contributed by atoms with E-state index in [1.807, 2.05) is 13.8 Å². The average molecular weight is 544 g/mol. The van der Waals surface area contributed by atoms with Crippen LogP contribution in [0.2, 0.25) is 0 Å². The summed E-state index contributed by atoms with van der Waals surface area (Å²) in [4.78, 5) is 11.4. The molecule has 3 aromatic rings. The summed E-state index contributed by atoms with van der Waals surface area (Å²) >= 11 is 0. The van der Waals surface area contributed by atoms with Crippen LogP contribution >= 0.6 is 0 Å². The molecule has 204 valence electrons. The molecule has 0 amide bonds. The molecule has 1 aliphatic carbocycles. The van der Waals surface area contributed by atoms with E-state index in [2.05, 4.69) is 0 Å². The number of hydrogen-bond donors (Lipinski definition) is 1. The zero-order valence-electron chi connectivity index (χ0n) is 21.7. The molecule has 2 atom stereocenters. The van der Waals surface area contributed by atoms with Crippen molar-refractivity contribution in [1.82, 2.24) is 14.1 Å². The first-order valence-electron chi connectivity index (χ1n) is 13.3. The third kappa shape index (κ3) is 5.42. The highest BCUT2D eigenvalue weighted by atomic mass is 32.2. The fourth-order valence-electron chi connectivity index (χ4n) is 5.63. The standard InChI is InChI=1S/C28H34FN3O5S/c1-18(2)37-22-7-9-23(10-8-22)38(35,36)31-16-20(14-19-4-3-5-19)27(17-31)32-26-15-21(29)6-11-24(26)25(30-32)12-13-28(33)34/h6-11,15,18-20,27H,3-5,12-14,16-17H2,1-2H3,(H,33,34)/t20-,27+/m1/s1. The number of rotatable bonds is 10. The molecule has 0 radical (unpaired) electrons. The Hall–Kier alpha value is -2.98. The Kier molecular flexibility index (Phi) is 7.46. The lowest BCUT2D eigenvalue weighted by Gasteiger charge is -2.30. The number of fused-ring (bicyclic) bond motifs is 1. The molecule has 1 aliphatic heterocycles. The number of sulfonamides is 1. The van der Waals surface area contributed by atoms with Gasteiger partial charge in [0.2, 0.25) is 10.0 Å². The van der Waals surface area contributed by atoms with Crippen molar-refractivity contribution in [2.75, 3.05) is 13.1 Å². The van der Waals surface area contributed by atoms with Gasteiger partial charge in [-0.1, -0.05) is 19.3 Å². The second kappa shape index (κ2) is 10.6. The minimum absolute atomic E-state index is 0.0114. The second-order valence-corrected chi connectivity index (χ2v) is 12.7. The van der Waals surface area contributed by atoms with E-state index in [1.54, 1.807) is 35.0 Å². The summed E-state index contributed by atoms with van der Waals surface area (Å²) < 4.78 is 50.7. The molecule has 2 aliphatic rings. The Balaban J connectivity index is 1.48. The predicted molar refractivity (Wildman–Crippen MR) is 141 cm³/mol. The molecule has 0 spiro atoms. The highest BCUT2D eigenvalue weighted by Gasteiger charge is 2.42. The summed E-state index contributed by atoms with van der Waals surface area (Å²) in [6, 6.07) is 10.6. The lowest BCUT2D eigenvalue weighted by atomic mass is 9.78. The number of ether oxygens (including phenoxy) is 1. The van der Waals surface area contributed by atoms with Crippen molar-refractivity contribution in [2.45, 2.75) is 69.4 Å². The second-order valence-electron chi connectivity index (χ2n) is 10.8. The van der Waals surface area contributed by atoms with E-state index in [4.69, 9.17) is 9.84 Å². The number of benzene rings is 2. The number of carboxylic acids is 1. The summed E-state index contributed by atoms with van der Waals surface area (Å²) in [5, 5.41) is 14.7. The molecular weight excluding hydrogens is 509 g/mol. The van der Waals surface area contributed by atoms with Crippen LogP contribution in [-0.4, -0.2) is 52.8 Å². The number of aromatic nitrogens is 2. The van der Waals surface area contributed by atoms with Gasteiger partial charge in [0.15, 0.2) is 0 Å². The molecule has 1 saturated carbocycles. The van der Waals surface area contributed by atoms with Gasteiger partial charge in [0.25, 0.3) is 0 Å². The summed E-state index contributed by atoms with van der Waals surface area (Å²) in [6.07, 6.45) is 4.44. The maximum absolute atomic E-state index is 14.3. The van der Waals surface area contributed by atoms with Gasteiger partial charge in [-0.05, 0) is 74.6 Å². The molecule has 1 N–H and O–H groups in total. The van der Waals surface area contributed by atoms with E-state index in [1.165, 1.54) is 22.9 Å². The monoisotopic (exact) mass is 543 g/mol. The predicted octanol–water partition coefficient (Wildman–Crippen LogP) is 5.03. The molecule has 2 aromatic carbocycles. The molecule has 5 rings (SSSR count). The normalized spacial score (nSPS) is 20.7. The first kappa shape index (κ1) is 26.6. The molecule has 0 unspecified atom stereocenters. The Morgan fingerprint density at radius 1 is 1.16 bits per heavy atom. The zero-order chi connectivity index (χ0) is 27.0. The topological polar surface area (TPSA) is 102 Å². The number of carbonyl (C=O) groups is 1. The summed E-state index contributed by atoms with van der Waals surface area (Å²) in [6.45, 7) is 4.40. The molecule has 10 heteroatoms. The van der Waals surface area contributed by atoms with E-state index in [9.17, 15) is 22.7 Å². The van der Waals surface area contributed by atoms with Crippen molar-refractivity contribution < 1.29 is 27.4 Å². The first-order chi connectivity index (χ1) is 18.1. The van der Waals surface area contributed by atoms with Crippen molar-refractivity contribution >= 4 is 26.9 Å². The number of hydrogen-bond acceptors (Lipinski definition) is 5.